The second-order valence-electron chi connectivity index (χ2n) is 6.37. The van der Waals surface area contributed by atoms with Crippen molar-refractivity contribution in [2.75, 3.05) is 14.2 Å². The first-order valence-electron chi connectivity index (χ1n) is 8.81. The topological polar surface area (TPSA) is 111 Å². The number of imide groups is 1. The molecule has 0 fully saturated rings. The predicted molar refractivity (Wildman–Crippen MR) is 108 cm³/mol. The van der Waals surface area contributed by atoms with Gasteiger partial charge in [0.25, 0.3) is 17.5 Å². The van der Waals surface area contributed by atoms with Crippen molar-refractivity contribution in [2.24, 2.45) is 5.10 Å². The van der Waals surface area contributed by atoms with Gasteiger partial charge in [-0.15, -0.1) is 0 Å². The normalized spacial score (nSPS) is 13.2. The molecule has 0 unspecified atom stereocenters. The summed E-state index contributed by atoms with van der Waals surface area (Å²) < 4.78 is 10.6. The fourth-order valence-corrected chi connectivity index (χ4v) is 3.47. The quantitative estimate of drug-likeness (QED) is 0.278. The highest BCUT2D eigenvalue weighted by Gasteiger charge is 2.34. The Morgan fingerprint density at radius 3 is 2.33 bits per heavy atom. The maximum atomic E-state index is 13.0. The summed E-state index contributed by atoms with van der Waals surface area (Å²) >= 11 is 0. The Bertz CT molecular complexity index is 1230. The van der Waals surface area contributed by atoms with Crippen LogP contribution < -0.4 is 9.47 Å². The second-order valence-corrected chi connectivity index (χ2v) is 6.37. The summed E-state index contributed by atoms with van der Waals surface area (Å²) in [7, 11) is 2.96. The van der Waals surface area contributed by atoms with Crippen LogP contribution in [0.3, 0.4) is 0 Å². The molecule has 0 radical (unpaired) electrons. The Labute approximate surface area is 170 Å². The Hall–Kier alpha value is -4.27. The van der Waals surface area contributed by atoms with Crippen LogP contribution in [0.4, 0.5) is 5.69 Å². The molecule has 0 aromatic heterocycles. The fourth-order valence-electron chi connectivity index (χ4n) is 3.47. The maximum absolute atomic E-state index is 13.0. The summed E-state index contributed by atoms with van der Waals surface area (Å²) in [6.07, 6.45) is 1.33. The number of nitro groups is 1. The first-order valence-corrected chi connectivity index (χ1v) is 8.81. The van der Waals surface area contributed by atoms with Crippen molar-refractivity contribution < 1.29 is 24.0 Å². The van der Waals surface area contributed by atoms with Crippen LogP contribution in [0.2, 0.25) is 0 Å². The SMILES string of the molecule is COc1cccc(/C=N\N2C(=O)c3cccc4c([N+](=O)[O-])ccc(c34)C2=O)c1OC. The number of benzene rings is 3. The Kier molecular flexibility index (Phi) is 4.63. The average Bonchev–Trinajstić information content (AvgIpc) is 2.76. The van der Waals surface area contributed by atoms with Gasteiger partial charge in [0.15, 0.2) is 11.5 Å². The van der Waals surface area contributed by atoms with Gasteiger partial charge < -0.3 is 9.47 Å². The van der Waals surface area contributed by atoms with E-state index in [1.807, 2.05) is 0 Å². The van der Waals surface area contributed by atoms with Gasteiger partial charge >= 0.3 is 0 Å². The number of hydrazone groups is 1. The number of hydrogen-bond acceptors (Lipinski definition) is 7. The van der Waals surface area contributed by atoms with Crippen molar-refractivity contribution in [2.45, 2.75) is 0 Å². The number of para-hydroxylation sites is 1. The molecule has 3 aromatic rings. The van der Waals surface area contributed by atoms with E-state index < -0.39 is 16.7 Å². The molecule has 150 valence electrons. The molecule has 0 N–H and O–H groups in total. The van der Waals surface area contributed by atoms with Gasteiger partial charge in [0.2, 0.25) is 0 Å². The summed E-state index contributed by atoms with van der Waals surface area (Å²) in [5.74, 6) is -0.465. The summed E-state index contributed by atoms with van der Waals surface area (Å²) in [4.78, 5) is 36.7. The van der Waals surface area contributed by atoms with Crippen LogP contribution in [0.1, 0.15) is 26.3 Å². The highest BCUT2D eigenvalue weighted by molar-refractivity contribution is 6.26. The van der Waals surface area contributed by atoms with Crippen LogP contribution >= 0.6 is 0 Å². The standard InChI is InChI=1S/C21H15N3O6/c1-29-17-8-3-5-12(19(17)30-2)11-22-23-20(25)14-7-4-6-13-16(24(27)28)10-9-15(18(13)14)21(23)26/h3-11H,1-2H3/b22-11-. The van der Waals surface area contributed by atoms with Crippen LogP contribution in [0, 0.1) is 10.1 Å². The van der Waals surface area contributed by atoms with Gasteiger partial charge in [-0.05, 0) is 30.3 Å². The van der Waals surface area contributed by atoms with Gasteiger partial charge in [-0.2, -0.15) is 10.1 Å². The minimum atomic E-state index is -0.670. The molecule has 0 bridgehead atoms. The van der Waals surface area contributed by atoms with Gasteiger partial charge in [-0.3, -0.25) is 19.7 Å². The minimum Gasteiger partial charge on any atom is -0.493 e. The Balaban J connectivity index is 1.81. The van der Waals surface area contributed by atoms with Crippen LogP contribution in [-0.2, 0) is 0 Å². The lowest BCUT2D eigenvalue weighted by molar-refractivity contribution is -0.383. The fraction of sp³-hybridized carbons (Fsp3) is 0.0952. The summed E-state index contributed by atoms with van der Waals surface area (Å²) in [5, 5.41) is 16.6. The molecular weight excluding hydrogens is 390 g/mol. The highest BCUT2D eigenvalue weighted by Crippen LogP contribution is 2.35. The lowest BCUT2D eigenvalue weighted by Crippen LogP contribution is -2.36. The Morgan fingerprint density at radius 1 is 0.967 bits per heavy atom. The monoisotopic (exact) mass is 405 g/mol. The smallest absolute Gasteiger partial charge is 0.282 e. The Morgan fingerprint density at radius 2 is 1.67 bits per heavy atom. The predicted octanol–water partition coefficient (Wildman–Crippen LogP) is 3.40. The summed E-state index contributed by atoms with van der Waals surface area (Å²) in [6, 6.07) is 12.3. The van der Waals surface area contributed by atoms with E-state index in [4.69, 9.17) is 9.47 Å². The van der Waals surface area contributed by atoms with Crippen LogP contribution in [0.15, 0.2) is 53.6 Å². The molecular formula is C21H15N3O6. The molecule has 9 nitrogen and oxygen atoms in total. The molecule has 0 saturated carbocycles. The van der Waals surface area contributed by atoms with E-state index in [0.717, 1.165) is 5.01 Å². The molecule has 1 aliphatic rings. The summed E-state index contributed by atoms with van der Waals surface area (Å²) in [5.41, 5.74) is 0.667. The molecule has 30 heavy (non-hydrogen) atoms. The number of carbonyl (C=O) groups excluding carboxylic acids is 2. The third kappa shape index (κ3) is 2.84. The zero-order chi connectivity index (χ0) is 21.4. The van der Waals surface area contributed by atoms with Gasteiger partial charge in [0, 0.05) is 17.0 Å². The van der Waals surface area contributed by atoms with E-state index in [2.05, 4.69) is 5.10 Å². The number of carbonyl (C=O) groups is 2. The second kappa shape index (κ2) is 7.28. The van der Waals surface area contributed by atoms with Gasteiger partial charge in [-0.1, -0.05) is 12.1 Å². The van der Waals surface area contributed by atoms with E-state index in [-0.39, 0.29) is 27.6 Å². The molecule has 1 heterocycles. The third-order valence-corrected chi connectivity index (χ3v) is 4.81. The van der Waals surface area contributed by atoms with E-state index >= 15 is 0 Å². The van der Waals surface area contributed by atoms with E-state index in [1.54, 1.807) is 18.2 Å². The molecule has 4 rings (SSSR count). The molecule has 0 saturated heterocycles. The first kappa shape index (κ1) is 19.1. The van der Waals surface area contributed by atoms with Crippen molar-refractivity contribution in [3.63, 3.8) is 0 Å². The van der Waals surface area contributed by atoms with Gasteiger partial charge in [0.1, 0.15) is 0 Å². The van der Waals surface area contributed by atoms with E-state index in [9.17, 15) is 19.7 Å². The number of methoxy groups -OCH3 is 2. The van der Waals surface area contributed by atoms with Crippen molar-refractivity contribution in [1.82, 2.24) is 5.01 Å². The molecule has 1 aliphatic heterocycles. The van der Waals surface area contributed by atoms with Crippen molar-refractivity contribution in [1.29, 1.82) is 0 Å². The zero-order valence-corrected chi connectivity index (χ0v) is 16.0. The lowest BCUT2D eigenvalue weighted by atomic mass is 9.94. The number of hydrogen-bond donors (Lipinski definition) is 0. The number of rotatable bonds is 5. The minimum absolute atomic E-state index is 0.167. The third-order valence-electron chi connectivity index (χ3n) is 4.81. The molecule has 0 aliphatic carbocycles. The average molecular weight is 405 g/mol. The molecule has 9 heteroatoms. The van der Waals surface area contributed by atoms with E-state index in [0.29, 0.717) is 17.1 Å². The number of non-ortho nitro benzene ring substituents is 1. The largest absolute Gasteiger partial charge is 0.493 e. The van der Waals surface area contributed by atoms with E-state index in [1.165, 1.54) is 50.8 Å². The van der Waals surface area contributed by atoms with Crippen molar-refractivity contribution in [3.05, 3.63) is 75.3 Å². The summed E-state index contributed by atoms with van der Waals surface area (Å²) in [6.45, 7) is 0. The highest BCUT2D eigenvalue weighted by atomic mass is 16.6. The van der Waals surface area contributed by atoms with Crippen molar-refractivity contribution >= 4 is 34.5 Å². The van der Waals surface area contributed by atoms with Gasteiger partial charge in [-0.25, -0.2) is 0 Å². The number of amides is 2. The zero-order valence-electron chi connectivity index (χ0n) is 16.0. The number of nitro benzene ring substituents is 1. The molecule has 0 spiro atoms. The number of nitrogens with zero attached hydrogens (tertiary/aromatic N) is 3. The van der Waals surface area contributed by atoms with Crippen LogP contribution in [-0.4, -0.2) is 42.2 Å². The van der Waals surface area contributed by atoms with Gasteiger partial charge in [0.05, 0.1) is 41.9 Å². The lowest BCUT2D eigenvalue weighted by Gasteiger charge is -2.23. The molecule has 0 atom stereocenters. The number of ether oxygens (including phenoxy) is 2. The maximum Gasteiger partial charge on any atom is 0.282 e. The first-order chi connectivity index (χ1) is 14.5. The van der Waals surface area contributed by atoms with Crippen LogP contribution in [0.5, 0.6) is 11.5 Å². The van der Waals surface area contributed by atoms with Crippen molar-refractivity contribution in [3.8, 4) is 11.5 Å². The molecule has 2 amide bonds. The molecule has 3 aromatic carbocycles. The van der Waals surface area contributed by atoms with Crippen LogP contribution in [0.25, 0.3) is 10.8 Å².